The summed E-state index contributed by atoms with van der Waals surface area (Å²) in [6, 6.07) is 6.21. The zero-order valence-corrected chi connectivity index (χ0v) is 13.7. The number of Topliss-reactive ketones (excluding diaryl/α,β-unsaturated/α-hetero) is 2. The maximum Gasteiger partial charge on any atom is 0.169 e. The van der Waals surface area contributed by atoms with Crippen LogP contribution in [0.2, 0.25) is 0 Å². The Morgan fingerprint density at radius 3 is 2.26 bits per heavy atom. The predicted octanol–water partition coefficient (Wildman–Crippen LogP) is 3.59. The van der Waals surface area contributed by atoms with Crippen molar-refractivity contribution in [3.8, 4) is 0 Å². The molecule has 4 heteroatoms. The molecule has 122 valence electrons. The smallest absolute Gasteiger partial charge is 0.169 e. The highest BCUT2D eigenvalue weighted by molar-refractivity contribution is 6.26. The summed E-state index contributed by atoms with van der Waals surface area (Å²) in [5.74, 6) is -0.578. The monoisotopic (exact) mass is 315 g/mol. The second-order valence-corrected chi connectivity index (χ2v) is 7.29. The lowest BCUT2D eigenvalue weighted by Crippen LogP contribution is -2.34. The number of hydrogen-bond donors (Lipinski definition) is 0. The highest BCUT2D eigenvalue weighted by Gasteiger charge is 2.39. The summed E-state index contributed by atoms with van der Waals surface area (Å²) in [5.41, 5.74) is 1.24. The van der Waals surface area contributed by atoms with Crippen LogP contribution in [0.3, 0.4) is 0 Å². The fourth-order valence-electron chi connectivity index (χ4n) is 3.59. The Bertz CT molecular complexity index is 662. The van der Waals surface area contributed by atoms with E-state index < -0.39 is 0 Å². The van der Waals surface area contributed by atoms with Crippen molar-refractivity contribution in [1.82, 2.24) is 4.90 Å². The first kappa shape index (κ1) is 15.9. The third-order valence-electron chi connectivity index (χ3n) is 4.59. The van der Waals surface area contributed by atoms with Crippen LogP contribution in [-0.2, 0) is 9.59 Å². The van der Waals surface area contributed by atoms with Gasteiger partial charge in [0.1, 0.15) is 5.82 Å². The number of carbonyl (C=O) groups excluding carboxylic acids is 2. The van der Waals surface area contributed by atoms with E-state index in [2.05, 4.69) is 4.90 Å². The van der Waals surface area contributed by atoms with Gasteiger partial charge >= 0.3 is 0 Å². The van der Waals surface area contributed by atoms with E-state index in [-0.39, 0.29) is 28.4 Å². The number of likely N-dealkylation sites (tertiary alicyclic amines) is 1. The van der Waals surface area contributed by atoms with Crippen LogP contribution in [0.1, 0.15) is 45.1 Å². The molecule has 3 nitrogen and oxygen atoms in total. The molecular weight excluding hydrogens is 293 g/mol. The van der Waals surface area contributed by atoms with Gasteiger partial charge in [-0.15, -0.1) is 0 Å². The van der Waals surface area contributed by atoms with Crippen LogP contribution in [0.25, 0.3) is 5.70 Å². The Labute approximate surface area is 136 Å². The Morgan fingerprint density at radius 1 is 1.09 bits per heavy atom. The second kappa shape index (κ2) is 5.91. The molecule has 3 rings (SSSR count). The molecule has 1 aliphatic carbocycles. The number of rotatable bonds is 2. The minimum Gasteiger partial charge on any atom is -0.370 e. The number of nitrogens with zero attached hydrogens (tertiary/aromatic N) is 1. The standard InChI is InChI=1S/C19H22FNO2/c1-19(2)11-15(22)17(16(23)12-19)18(21-8-3-4-9-21)13-6-5-7-14(20)10-13/h5-7,10H,3-4,8-9,11-12H2,1-2H3. The molecule has 0 atom stereocenters. The van der Waals surface area contributed by atoms with Gasteiger partial charge in [0.2, 0.25) is 0 Å². The molecule has 2 fully saturated rings. The summed E-state index contributed by atoms with van der Waals surface area (Å²) >= 11 is 0. The van der Waals surface area contributed by atoms with Gasteiger partial charge in [-0.2, -0.15) is 0 Å². The summed E-state index contributed by atoms with van der Waals surface area (Å²) in [6.07, 6.45) is 2.78. The van der Waals surface area contributed by atoms with Crippen LogP contribution in [0.15, 0.2) is 29.8 Å². The first-order chi connectivity index (χ1) is 10.9. The quantitative estimate of drug-likeness (QED) is 0.618. The number of carbonyl (C=O) groups is 2. The van der Waals surface area contributed by atoms with Crippen LogP contribution >= 0.6 is 0 Å². The maximum atomic E-state index is 13.7. The van der Waals surface area contributed by atoms with Crippen LogP contribution < -0.4 is 0 Å². The largest absolute Gasteiger partial charge is 0.370 e. The summed E-state index contributed by atoms with van der Waals surface area (Å²) in [6.45, 7) is 5.49. The average Bonchev–Trinajstić information content (AvgIpc) is 2.95. The lowest BCUT2D eigenvalue weighted by atomic mass is 9.73. The molecule has 0 unspecified atom stereocenters. The van der Waals surface area contributed by atoms with E-state index in [1.165, 1.54) is 12.1 Å². The molecule has 0 radical (unpaired) electrons. The molecule has 0 aromatic heterocycles. The van der Waals surface area contributed by atoms with Crippen molar-refractivity contribution in [2.24, 2.45) is 5.41 Å². The molecule has 2 aliphatic rings. The summed E-state index contributed by atoms with van der Waals surface area (Å²) in [7, 11) is 0. The van der Waals surface area contributed by atoms with E-state index in [0.29, 0.717) is 24.1 Å². The van der Waals surface area contributed by atoms with Gasteiger partial charge in [0.25, 0.3) is 0 Å². The molecule has 0 bridgehead atoms. The van der Waals surface area contributed by atoms with Crippen LogP contribution in [-0.4, -0.2) is 29.6 Å². The zero-order chi connectivity index (χ0) is 16.6. The summed E-state index contributed by atoms with van der Waals surface area (Å²) in [4.78, 5) is 27.4. The Balaban J connectivity index is 2.14. The number of halogens is 1. The van der Waals surface area contributed by atoms with Crippen molar-refractivity contribution in [3.63, 3.8) is 0 Å². The third kappa shape index (κ3) is 3.21. The molecule has 0 spiro atoms. The van der Waals surface area contributed by atoms with Gasteiger partial charge in [-0.1, -0.05) is 26.0 Å². The zero-order valence-electron chi connectivity index (χ0n) is 13.7. The van der Waals surface area contributed by atoms with Crippen molar-refractivity contribution in [1.29, 1.82) is 0 Å². The van der Waals surface area contributed by atoms with E-state index in [1.807, 2.05) is 13.8 Å². The fraction of sp³-hybridized carbons (Fsp3) is 0.474. The van der Waals surface area contributed by atoms with Crippen molar-refractivity contribution in [2.75, 3.05) is 13.1 Å². The molecule has 1 aromatic rings. The summed E-state index contributed by atoms with van der Waals surface area (Å²) < 4.78 is 13.7. The molecule has 1 heterocycles. The maximum absolute atomic E-state index is 13.7. The van der Waals surface area contributed by atoms with E-state index in [1.54, 1.807) is 12.1 Å². The molecule has 1 aliphatic heterocycles. The Hall–Kier alpha value is -1.97. The molecule has 1 saturated carbocycles. The topological polar surface area (TPSA) is 37.4 Å². The normalized spacial score (nSPS) is 21.0. The fourth-order valence-corrected chi connectivity index (χ4v) is 3.59. The molecule has 1 aromatic carbocycles. The van der Waals surface area contributed by atoms with Crippen LogP contribution in [0, 0.1) is 11.2 Å². The van der Waals surface area contributed by atoms with Gasteiger partial charge < -0.3 is 4.90 Å². The predicted molar refractivity (Wildman–Crippen MR) is 87.2 cm³/mol. The van der Waals surface area contributed by atoms with Crippen molar-refractivity contribution >= 4 is 17.3 Å². The first-order valence-electron chi connectivity index (χ1n) is 8.19. The SMILES string of the molecule is CC1(C)CC(=O)C(=C(c2cccc(F)c2)N2CCCC2)C(=O)C1. The lowest BCUT2D eigenvalue weighted by Gasteiger charge is -2.32. The average molecular weight is 315 g/mol. The lowest BCUT2D eigenvalue weighted by molar-refractivity contribution is -0.127. The van der Waals surface area contributed by atoms with Crippen molar-refractivity contribution in [3.05, 3.63) is 41.2 Å². The molecule has 1 saturated heterocycles. The molecule has 0 amide bonds. The highest BCUT2D eigenvalue weighted by atomic mass is 19.1. The van der Waals surface area contributed by atoms with Gasteiger partial charge in [-0.3, -0.25) is 9.59 Å². The van der Waals surface area contributed by atoms with Crippen molar-refractivity contribution < 1.29 is 14.0 Å². The number of allylic oxidation sites excluding steroid dienone is 1. The van der Waals surface area contributed by atoms with Crippen LogP contribution in [0.5, 0.6) is 0 Å². The van der Waals surface area contributed by atoms with E-state index >= 15 is 0 Å². The minimum atomic E-state index is -0.351. The number of benzene rings is 1. The Kier molecular flexibility index (Phi) is 4.09. The molecular formula is C19H22FNO2. The van der Waals surface area contributed by atoms with E-state index in [0.717, 1.165) is 25.9 Å². The number of hydrogen-bond acceptors (Lipinski definition) is 3. The van der Waals surface area contributed by atoms with Crippen LogP contribution in [0.4, 0.5) is 4.39 Å². The van der Waals surface area contributed by atoms with Crippen molar-refractivity contribution in [2.45, 2.75) is 39.5 Å². The summed E-state index contributed by atoms with van der Waals surface area (Å²) in [5, 5.41) is 0. The van der Waals surface area contributed by atoms with Gasteiger partial charge in [-0.25, -0.2) is 4.39 Å². The highest BCUT2D eigenvalue weighted by Crippen LogP contribution is 2.38. The Morgan fingerprint density at radius 2 is 1.70 bits per heavy atom. The molecule has 0 N–H and O–H groups in total. The van der Waals surface area contributed by atoms with E-state index in [4.69, 9.17) is 0 Å². The second-order valence-electron chi connectivity index (χ2n) is 7.29. The molecule has 23 heavy (non-hydrogen) atoms. The number of ketones is 2. The van der Waals surface area contributed by atoms with Gasteiger partial charge in [0.05, 0.1) is 11.3 Å². The van der Waals surface area contributed by atoms with E-state index in [9.17, 15) is 14.0 Å². The van der Waals surface area contributed by atoms with Gasteiger partial charge in [0, 0.05) is 31.5 Å². The first-order valence-corrected chi connectivity index (χ1v) is 8.19. The van der Waals surface area contributed by atoms with Gasteiger partial charge in [0.15, 0.2) is 11.6 Å². The van der Waals surface area contributed by atoms with Gasteiger partial charge in [-0.05, 0) is 30.4 Å². The minimum absolute atomic E-state index is 0.114. The third-order valence-corrected chi connectivity index (χ3v) is 4.59.